The average molecular weight is 343 g/mol. The number of aliphatic hydroxyl groups excluding tert-OH is 1. The fourth-order valence-corrected chi connectivity index (χ4v) is 1.82. The van der Waals surface area contributed by atoms with E-state index < -0.39 is 11.9 Å². The number of carbonyl (C=O) groups excluding carboxylic acids is 1. The molecule has 0 saturated carbocycles. The van der Waals surface area contributed by atoms with Crippen LogP contribution in [0, 0.1) is 0 Å². The molecule has 25 heavy (non-hydrogen) atoms. The summed E-state index contributed by atoms with van der Waals surface area (Å²) in [5.41, 5.74) is 13.1. The SMILES string of the molecule is C=C(/C=C\C(O)=C/C)CN(N)C(=O)C(N)C(N)=NCc1ccccc1. The molecule has 1 aromatic carbocycles. The number of aliphatic imine (C=N–C) groups is 1. The summed E-state index contributed by atoms with van der Waals surface area (Å²) < 4.78 is 0. The third-order valence-corrected chi connectivity index (χ3v) is 3.31. The molecule has 0 aliphatic heterocycles. The monoisotopic (exact) mass is 343 g/mol. The highest BCUT2D eigenvalue weighted by molar-refractivity contribution is 6.05. The molecule has 7 heteroatoms. The van der Waals surface area contributed by atoms with Gasteiger partial charge in [-0.25, -0.2) is 5.84 Å². The Morgan fingerprint density at radius 1 is 1.36 bits per heavy atom. The van der Waals surface area contributed by atoms with Gasteiger partial charge in [0.2, 0.25) is 0 Å². The first-order chi connectivity index (χ1) is 11.8. The van der Waals surface area contributed by atoms with Crippen LogP contribution in [-0.2, 0) is 11.3 Å². The van der Waals surface area contributed by atoms with Crippen LogP contribution in [0.3, 0.4) is 0 Å². The van der Waals surface area contributed by atoms with Crippen LogP contribution in [0.15, 0.2) is 71.5 Å². The maximum absolute atomic E-state index is 12.2. The van der Waals surface area contributed by atoms with E-state index >= 15 is 0 Å². The fraction of sp³-hybridized carbons (Fsp3) is 0.222. The minimum absolute atomic E-state index is 0.0111. The Balaban J connectivity index is 2.61. The average Bonchev–Trinajstić information content (AvgIpc) is 2.63. The molecule has 0 radical (unpaired) electrons. The summed E-state index contributed by atoms with van der Waals surface area (Å²) in [5, 5.41) is 10.3. The molecule has 0 bridgehead atoms. The number of amidine groups is 1. The zero-order chi connectivity index (χ0) is 18.8. The van der Waals surface area contributed by atoms with Gasteiger partial charge in [0.05, 0.1) is 13.1 Å². The Morgan fingerprint density at radius 2 is 2.00 bits per heavy atom. The van der Waals surface area contributed by atoms with Crippen LogP contribution >= 0.6 is 0 Å². The summed E-state index contributed by atoms with van der Waals surface area (Å²) >= 11 is 0. The fourth-order valence-electron chi connectivity index (χ4n) is 1.82. The number of rotatable bonds is 8. The van der Waals surface area contributed by atoms with Crippen molar-refractivity contribution in [2.45, 2.75) is 19.5 Å². The molecule has 0 heterocycles. The van der Waals surface area contributed by atoms with E-state index in [1.54, 1.807) is 13.0 Å². The molecular formula is C18H25N5O2. The minimum Gasteiger partial charge on any atom is -0.508 e. The maximum Gasteiger partial charge on any atom is 0.261 e. The molecule has 0 spiro atoms. The van der Waals surface area contributed by atoms with Crippen LogP contribution < -0.4 is 17.3 Å². The smallest absolute Gasteiger partial charge is 0.261 e. The Bertz CT molecular complexity index is 680. The van der Waals surface area contributed by atoms with E-state index in [1.807, 2.05) is 30.3 Å². The summed E-state index contributed by atoms with van der Waals surface area (Å²) in [4.78, 5) is 16.4. The van der Waals surface area contributed by atoms with Crippen LogP contribution in [0.4, 0.5) is 0 Å². The Labute approximate surface area is 147 Å². The Morgan fingerprint density at radius 3 is 2.60 bits per heavy atom. The highest BCUT2D eigenvalue weighted by Gasteiger charge is 2.22. The molecule has 1 atom stereocenters. The number of benzene rings is 1. The zero-order valence-electron chi connectivity index (χ0n) is 14.3. The van der Waals surface area contributed by atoms with E-state index in [2.05, 4.69) is 11.6 Å². The number of carbonyl (C=O) groups is 1. The molecule has 1 rings (SSSR count). The highest BCUT2D eigenvalue weighted by atomic mass is 16.3. The molecule has 0 saturated heterocycles. The lowest BCUT2D eigenvalue weighted by Crippen LogP contribution is -2.53. The second-order valence-corrected chi connectivity index (χ2v) is 5.38. The minimum atomic E-state index is -1.13. The van der Waals surface area contributed by atoms with Crippen LogP contribution in [-0.4, -0.2) is 34.4 Å². The van der Waals surface area contributed by atoms with Crippen molar-refractivity contribution in [3.63, 3.8) is 0 Å². The summed E-state index contributed by atoms with van der Waals surface area (Å²) in [6.45, 7) is 5.83. The lowest BCUT2D eigenvalue weighted by Gasteiger charge is -2.20. The van der Waals surface area contributed by atoms with Crippen molar-refractivity contribution in [3.05, 3.63) is 72.0 Å². The van der Waals surface area contributed by atoms with Gasteiger partial charge in [-0.15, -0.1) is 0 Å². The van der Waals surface area contributed by atoms with Gasteiger partial charge < -0.3 is 16.6 Å². The number of hydrogen-bond donors (Lipinski definition) is 4. The lowest BCUT2D eigenvalue weighted by molar-refractivity contribution is -0.130. The maximum atomic E-state index is 12.2. The molecular weight excluding hydrogens is 318 g/mol. The molecule has 0 aliphatic carbocycles. The van der Waals surface area contributed by atoms with Gasteiger partial charge in [-0.2, -0.15) is 0 Å². The van der Waals surface area contributed by atoms with Gasteiger partial charge in [-0.1, -0.05) is 43.0 Å². The van der Waals surface area contributed by atoms with Crippen molar-refractivity contribution < 1.29 is 9.90 Å². The quantitative estimate of drug-likeness (QED) is 0.107. The second kappa shape index (κ2) is 10.1. The largest absolute Gasteiger partial charge is 0.508 e. The van der Waals surface area contributed by atoms with Gasteiger partial charge >= 0.3 is 0 Å². The number of allylic oxidation sites excluding steroid dienone is 2. The van der Waals surface area contributed by atoms with Gasteiger partial charge in [0.25, 0.3) is 5.91 Å². The van der Waals surface area contributed by atoms with Crippen molar-refractivity contribution in [2.24, 2.45) is 22.3 Å². The zero-order valence-corrected chi connectivity index (χ0v) is 14.3. The molecule has 0 aromatic heterocycles. The van der Waals surface area contributed by atoms with Crippen LogP contribution in [0.1, 0.15) is 12.5 Å². The number of aliphatic hydroxyl groups is 1. The number of hydrogen-bond acceptors (Lipinski definition) is 5. The van der Waals surface area contributed by atoms with Crippen LogP contribution in [0.2, 0.25) is 0 Å². The third-order valence-electron chi connectivity index (χ3n) is 3.31. The van der Waals surface area contributed by atoms with Gasteiger partial charge in [-0.05, 0) is 30.2 Å². The molecule has 7 N–H and O–H groups in total. The molecule has 1 aromatic rings. The first-order valence-electron chi connectivity index (χ1n) is 7.71. The highest BCUT2D eigenvalue weighted by Crippen LogP contribution is 2.02. The van der Waals surface area contributed by atoms with E-state index in [1.165, 1.54) is 12.2 Å². The second-order valence-electron chi connectivity index (χ2n) is 5.38. The van der Waals surface area contributed by atoms with Crippen molar-refractivity contribution in [2.75, 3.05) is 6.54 Å². The standard InChI is InChI=1S/C18H25N5O2/c1-3-15(24)10-9-13(2)12-23(21)18(25)16(19)17(20)22-11-14-7-5-4-6-8-14/h3-10,16,24H,2,11-12,19,21H2,1H3,(H2,20,22)/b10-9-,15-3+. The van der Waals surface area contributed by atoms with Gasteiger partial charge in [0.1, 0.15) is 17.6 Å². The number of hydrazine groups is 1. The van der Waals surface area contributed by atoms with Crippen molar-refractivity contribution >= 4 is 11.7 Å². The van der Waals surface area contributed by atoms with E-state index in [0.29, 0.717) is 12.1 Å². The van der Waals surface area contributed by atoms with Crippen LogP contribution in [0.5, 0.6) is 0 Å². The first-order valence-corrected chi connectivity index (χ1v) is 7.71. The molecule has 7 nitrogen and oxygen atoms in total. The van der Waals surface area contributed by atoms with Crippen molar-refractivity contribution in [1.82, 2.24) is 5.01 Å². The summed E-state index contributed by atoms with van der Waals surface area (Å²) in [5.74, 6) is 5.25. The summed E-state index contributed by atoms with van der Waals surface area (Å²) in [7, 11) is 0. The third kappa shape index (κ3) is 7.03. The van der Waals surface area contributed by atoms with Crippen LogP contribution in [0.25, 0.3) is 0 Å². The summed E-state index contributed by atoms with van der Waals surface area (Å²) in [6.07, 6.45) is 4.53. The van der Waals surface area contributed by atoms with Crippen molar-refractivity contribution in [3.8, 4) is 0 Å². The Hall–Kier alpha value is -2.90. The van der Waals surface area contributed by atoms with Gasteiger partial charge in [0, 0.05) is 0 Å². The number of amides is 1. The van der Waals surface area contributed by atoms with E-state index in [9.17, 15) is 9.90 Å². The topological polar surface area (TPSA) is 131 Å². The predicted molar refractivity (Wildman–Crippen MR) is 100 cm³/mol. The molecule has 0 aliphatic rings. The summed E-state index contributed by atoms with van der Waals surface area (Å²) in [6, 6.07) is 8.34. The van der Waals surface area contributed by atoms with E-state index in [4.69, 9.17) is 17.3 Å². The van der Waals surface area contributed by atoms with E-state index in [-0.39, 0.29) is 18.1 Å². The van der Waals surface area contributed by atoms with Gasteiger partial charge in [0.15, 0.2) is 0 Å². The first kappa shape index (κ1) is 20.1. The van der Waals surface area contributed by atoms with Crippen molar-refractivity contribution in [1.29, 1.82) is 0 Å². The number of nitrogens with zero attached hydrogens (tertiary/aromatic N) is 2. The molecule has 1 unspecified atom stereocenters. The van der Waals surface area contributed by atoms with E-state index in [0.717, 1.165) is 10.6 Å². The van der Waals surface area contributed by atoms with Gasteiger partial charge in [-0.3, -0.25) is 14.8 Å². The molecule has 134 valence electrons. The molecule has 1 amide bonds. The Kier molecular flexibility index (Phi) is 8.11. The predicted octanol–water partition coefficient (Wildman–Crippen LogP) is 1.15. The molecule has 0 fully saturated rings. The lowest BCUT2D eigenvalue weighted by atomic mass is 10.2. The normalized spacial score (nSPS) is 13.7. The number of nitrogens with two attached hydrogens (primary N) is 3.